The van der Waals surface area contributed by atoms with Crippen molar-refractivity contribution in [2.24, 2.45) is 0 Å². The second-order valence-electron chi connectivity index (χ2n) is 4.55. The summed E-state index contributed by atoms with van der Waals surface area (Å²) in [7, 11) is 0. The van der Waals surface area contributed by atoms with Crippen LogP contribution in [0.2, 0.25) is 5.02 Å². The molecule has 0 fully saturated rings. The van der Waals surface area contributed by atoms with E-state index in [1.54, 1.807) is 43.3 Å². The Morgan fingerprint density at radius 2 is 2.05 bits per heavy atom. The van der Waals surface area contributed by atoms with E-state index in [4.69, 9.17) is 11.6 Å². The number of rotatable bonds is 1. The van der Waals surface area contributed by atoms with Gasteiger partial charge in [-0.15, -0.1) is 0 Å². The first-order valence-electron chi connectivity index (χ1n) is 6.05. The second kappa shape index (κ2) is 4.65. The van der Waals surface area contributed by atoms with E-state index in [0.717, 1.165) is 5.56 Å². The number of halogens is 1. The van der Waals surface area contributed by atoms with Crippen LogP contribution in [-0.2, 0) is 0 Å². The fourth-order valence-electron chi connectivity index (χ4n) is 2.09. The summed E-state index contributed by atoms with van der Waals surface area (Å²) in [5.41, 5.74) is 1.47. The SMILES string of the molecule is Cc1cccc(-c2nc3ccc(Cl)cc3c(=O)[nH]2)c1O. The molecule has 0 aliphatic rings. The molecule has 0 atom stereocenters. The molecule has 0 amide bonds. The van der Waals surface area contributed by atoms with Crippen LogP contribution in [0.3, 0.4) is 0 Å². The molecule has 3 aromatic rings. The number of para-hydroxylation sites is 1. The van der Waals surface area contributed by atoms with E-state index in [1.165, 1.54) is 0 Å². The number of aromatic hydroxyl groups is 1. The maximum absolute atomic E-state index is 12.1. The molecule has 0 bridgehead atoms. The highest BCUT2D eigenvalue weighted by Gasteiger charge is 2.11. The van der Waals surface area contributed by atoms with E-state index < -0.39 is 0 Å². The molecule has 1 aromatic heterocycles. The topological polar surface area (TPSA) is 66.0 Å². The van der Waals surface area contributed by atoms with Crippen molar-refractivity contribution in [2.75, 3.05) is 0 Å². The highest BCUT2D eigenvalue weighted by atomic mass is 35.5. The highest BCUT2D eigenvalue weighted by molar-refractivity contribution is 6.31. The quantitative estimate of drug-likeness (QED) is 0.721. The number of fused-ring (bicyclic) bond motifs is 1. The molecule has 5 heteroatoms. The average Bonchev–Trinajstić information content (AvgIpc) is 2.42. The molecule has 0 spiro atoms. The van der Waals surface area contributed by atoms with Gasteiger partial charge in [-0.2, -0.15) is 0 Å². The number of aryl methyl sites for hydroxylation is 1. The van der Waals surface area contributed by atoms with Crippen LogP contribution in [0, 0.1) is 6.92 Å². The molecule has 20 heavy (non-hydrogen) atoms. The number of nitrogens with zero attached hydrogens (tertiary/aromatic N) is 1. The summed E-state index contributed by atoms with van der Waals surface area (Å²) in [4.78, 5) is 19.1. The van der Waals surface area contributed by atoms with E-state index in [0.29, 0.717) is 27.3 Å². The summed E-state index contributed by atoms with van der Waals surface area (Å²) in [6.07, 6.45) is 0. The maximum atomic E-state index is 12.1. The minimum absolute atomic E-state index is 0.115. The third-order valence-corrected chi connectivity index (χ3v) is 3.40. The fraction of sp³-hybridized carbons (Fsp3) is 0.0667. The van der Waals surface area contributed by atoms with Crippen LogP contribution in [0.15, 0.2) is 41.2 Å². The van der Waals surface area contributed by atoms with Gasteiger partial charge in [-0.3, -0.25) is 4.79 Å². The minimum atomic E-state index is -0.284. The van der Waals surface area contributed by atoms with Crippen molar-refractivity contribution in [3.05, 3.63) is 57.3 Å². The Labute approximate surface area is 119 Å². The van der Waals surface area contributed by atoms with Crippen LogP contribution >= 0.6 is 11.6 Å². The molecule has 0 aliphatic heterocycles. The van der Waals surface area contributed by atoms with Crippen LogP contribution in [0.1, 0.15) is 5.56 Å². The summed E-state index contributed by atoms with van der Waals surface area (Å²) >= 11 is 5.87. The molecule has 2 N–H and O–H groups in total. The van der Waals surface area contributed by atoms with Gasteiger partial charge in [0.25, 0.3) is 5.56 Å². The summed E-state index contributed by atoms with van der Waals surface area (Å²) in [6.45, 7) is 1.79. The fourth-order valence-corrected chi connectivity index (χ4v) is 2.26. The molecule has 3 rings (SSSR count). The molecule has 1 heterocycles. The monoisotopic (exact) mass is 286 g/mol. The predicted molar refractivity (Wildman–Crippen MR) is 79.2 cm³/mol. The smallest absolute Gasteiger partial charge is 0.259 e. The van der Waals surface area contributed by atoms with E-state index in [9.17, 15) is 9.90 Å². The second-order valence-corrected chi connectivity index (χ2v) is 4.98. The van der Waals surface area contributed by atoms with Crippen LogP contribution in [-0.4, -0.2) is 15.1 Å². The predicted octanol–water partition coefficient (Wildman–Crippen LogP) is 3.26. The zero-order valence-corrected chi connectivity index (χ0v) is 11.4. The van der Waals surface area contributed by atoms with Crippen molar-refractivity contribution in [3.63, 3.8) is 0 Å². The van der Waals surface area contributed by atoms with Gasteiger partial charge in [-0.05, 0) is 36.8 Å². The van der Waals surface area contributed by atoms with Crippen molar-refractivity contribution in [1.82, 2.24) is 9.97 Å². The van der Waals surface area contributed by atoms with E-state index >= 15 is 0 Å². The van der Waals surface area contributed by atoms with Gasteiger partial charge in [-0.1, -0.05) is 23.7 Å². The molecule has 0 saturated heterocycles. The summed E-state index contributed by atoms with van der Waals surface area (Å²) < 4.78 is 0. The van der Waals surface area contributed by atoms with Gasteiger partial charge in [0.05, 0.1) is 16.5 Å². The molecule has 2 aromatic carbocycles. The maximum Gasteiger partial charge on any atom is 0.259 e. The lowest BCUT2D eigenvalue weighted by Gasteiger charge is -2.07. The number of phenolic OH excluding ortho intramolecular Hbond substituents is 1. The van der Waals surface area contributed by atoms with Crippen LogP contribution in [0.5, 0.6) is 5.75 Å². The lowest BCUT2D eigenvalue weighted by molar-refractivity contribution is 0.472. The number of phenols is 1. The Balaban J connectivity index is 2.31. The van der Waals surface area contributed by atoms with Gasteiger partial charge in [-0.25, -0.2) is 4.98 Å². The average molecular weight is 287 g/mol. The number of aromatic nitrogens is 2. The van der Waals surface area contributed by atoms with E-state index in [2.05, 4.69) is 9.97 Å². The number of hydrogen-bond acceptors (Lipinski definition) is 3. The van der Waals surface area contributed by atoms with Gasteiger partial charge < -0.3 is 10.1 Å². The standard InChI is InChI=1S/C15H11ClN2O2/c1-8-3-2-4-10(13(8)19)14-17-12-6-5-9(16)7-11(12)15(20)18-14/h2-7,19H,1H3,(H,17,18,20). The molecular formula is C15H11ClN2O2. The zero-order chi connectivity index (χ0) is 14.3. The Bertz CT molecular complexity index is 871. The van der Waals surface area contributed by atoms with Crippen molar-refractivity contribution in [3.8, 4) is 17.1 Å². The van der Waals surface area contributed by atoms with E-state index in [-0.39, 0.29) is 11.3 Å². The first-order chi connectivity index (χ1) is 9.56. The first-order valence-corrected chi connectivity index (χ1v) is 6.42. The van der Waals surface area contributed by atoms with Gasteiger partial charge in [0, 0.05) is 5.02 Å². The number of H-pyrrole nitrogens is 1. The third kappa shape index (κ3) is 2.04. The highest BCUT2D eigenvalue weighted by Crippen LogP contribution is 2.29. The zero-order valence-electron chi connectivity index (χ0n) is 10.6. The number of aromatic amines is 1. The van der Waals surface area contributed by atoms with Crippen LogP contribution in [0.25, 0.3) is 22.3 Å². The largest absolute Gasteiger partial charge is 0.507 e. The van der Waals surface area contributed by atoms with Crippen molar-refractivity contribution in [1.29, 1.82) is 0 Å². The van der Waals surface area contributed by atoms with Crippen LogP contribution < -0.4 is 5.56 Å². The molecule has 4 nitrogen and oxygen atoms in total. The Morgan fingerprint density at radius 3 is 2.85 bits per heavy atom. The normalized spacial score (nSPS) is 10.9. The molecule has 0 unspecified atom stereocenters. The molecule has 0 radical (unpaired) electrons. The lowest BCUT2D eigenvalue weighted by atomic mass is 10.1. The molecule has 100 valence electrons. The first kappa shape index (κ1) is 12.7. The Hall–Kier alpha value is -2.33. The van der Waals surface area contributed by atoms with Crippen molar-refractivity contribution >= 4 is 22.5 Å². The summed E-state index contributed by atoms with van der Waals surface area (Å²) in [5.74, 6) is 0.454. The summed E-state index contributed by atoms with van der Waals surface area (Å²) in [6, 6.07) is 10.2. The molecule has 0 saturated carbocycles. The molecule has 0 aliphatic carbocycles. The molecular weight excluding hydrogens is 276 g/mol. The van der Waals surface area contributed by atoms with Crippen molar-refractivity contribution in [2.45, 2.75) is 6.92 Å². The number of hydrogen-bond donors (Lipinski definition) is 2. The van der Waals surface area contributed by atoms with E-state index in [1.807, 2.05) is 0 Å². The number of nitrogens with one attached hydrogen (secondary N) is 1. The summed E-state index contributed by atoms with van der Waals surface area (Å²) in [5, 5.41) is 11.0. The lowest BCUT2D eigenvalue weighted by Crippen LogP contribution is -2.09. The van der Waals surface area contributed by atoms with Gasteiger partial charge in [0.2, 0.25) is 0 Å². The van der Waals surface area contributed by atoms with Gasteiger partial charge >= 0.3 is 0 Å². The van der Waals surface area contributed by atoms with Gasteiger partial charge in [0.1, 0.15) is 11.6 Å². The third-order valence-electron chi connectivity index (χ3n) is 3.16. The Morgan fingerprint density at radius 1 is 1.25 bits per heavy atom. The number of benzene rings is 2. The van der Waals surface area contributed by atoms with Crippen LogP contribution in [0.4, 0.5) is 0 Å². The minimum Gasteiger partial charge on any atom is -0.507 e. The van der Waals surface area contributed by atoms with Crippen molar-refractivity contribution < 1.29 is 5.11 Å². The van der Waals surface area contributed by atoms with Gasteiger partial charge in [0.15, 0.2) is 0 Å². The Kier molecular flexibility index (Phi) is 2.95.